The molecule has 0 bridgehead atoms. The topological polar surface area (TPSA) is 84.2 Å². The molecule has 0 aliphatic rings. The molecule has 0 saturated carbocycles. The van der Waals surface area contributed by atoms with Crippen molar-refractivity contribution < 1.29 is 14.0 Å². The van der Waals surface area contributed by atoms with Gasteiger partial charge < -0.3 is 16.4 Å². The van der Waals surface area contributed by atoms with E-state index in [9.17, 15) is 14.0 Å². The summed E-state index contributed by atoms with van der Waals surface area (Å²) in [4.78, 5) is 23.1. The summed E-state index contributed by atoms with van der Waals surface area (Å²) in [5.41, 5.74) is 5.89. The van der Waals surface area contributed by atoms with Gasteiger partial charge in [-0.3, -0.25) is 9.59 Å². The third-order valence-corrected chi connectivity index (χ3v) is 3.06. The Morgan fingerprint density at radius 2 is 2.05 bits per heavy atom. The average Bonchev–Trinajstić information content (AvgIpc) is 2.44. The number of nitrogens with two attached hydrogens (primary N) is 1. The molecule has 7 heteroatoms. The molecule has 22 heavy (non-hydrogen) atoms. The summed E-state index contributed by atoms with van der Waals surface area (Å²) in [7, 11) is 0. The first-order valence-corrected chi connectivity index (χ1v) is 7.06. The zero-order valence-corrected chi connectivity index (χ0v) is 13.6. The molecule has 0 aromatic heterocycles. The molecule has 0 aliphatic heterocycles. The van der Waals surface area contributed by atoms with Gasteiger partial charge in [-0.2, -0.15) is 0 Å². The number of hydrogen-bond acceptors (Lipinski definition) is 3. The van der Waals surface area contributed by atoms with Crippen LogP contribution in [0.5, 0.6) is 0 Å². The molecule has 124 valence electrons. The van der Waals surface area contributed by atoms with Gasteiger partial charge in [0.25, 0.3) is 5.91 Å². The summed E-state index contributed by atoms with van der Waals surface area (Å²) in [6.45, 7) is 3.70. The third kappa shape index (κ3) is 6.41. The molecule has 1 atom stereocenters. The first-order chi connectivity index (χ1) is 9.97. The highest BCUT2D eigenvalue weighted by atomic mass is 35.5. The van der Waals surface area contributed by atoms with E-state index in [0.29, 0.717) is 12.2 Å². The molecule has 1 aromatic rings. The molecule has 1 aromatic carbocycles. The third-order valence-electron chi connectivity index (χ3n) is 3.06. The van der Waals surface area contributed by atoms with E-state index in [0.717, 1.165) is 25.3 Å². The fourth-order valence-electron chi connectivity index (χ4n) is 1.94. The molecule has 0 saturated heterocycles. The van der Waals surface area contributed by atoms with Crippen molar-refractivity contribution in [3.05, 3.63) is 29.6 Å². The second kappa shape index (κ2) is 10.1. The lowest BCUT2D eigenvalue weighted by Gasteiger charge is -2.17. The second-order valence-corrected chi connectivity index (χ2v) is 4.92. The maximum absolute atomic E-state index is 13.8. The molecule has 0 spiro atoms. The SMILES string of the molecule is CCCCC(CN)NC(=O)c1cc(NC(C)=O)ccc1F.Cl. The zero-order chi connectivity index (χ0) is 15.8. The van der Waals surface area contributed by atoms with Crippen LogP contribution in [0.4, 0.5) is 10.1 Å². The van der Waals surface area contributed by atoms with Crippen LogP contribution < -0.4 is 16.4 Å². The van der Waals surface area contributed by atoms with Crippen LogP contribution in [-0.4, -0.2) is 24.4 Å². The van der Waals surface area contributed by atoms with Crippen molar-refractivity contribution in [3.63, 3.8) is 0 Å². The van der Waals surface area contributed by atoms with E-state index in [4.69, 9.17) is 5.73 Å². The van der Waals surface area contributed by atoms with Crippen molar-refractivity contribution >= 4 is 29.9 Å². The van der Waals surface area contributed by atoms with E-state index in [2.05, 4.69) is 10.6 Å². The lowest BCUT2D eigenvalue weighted by atomic mass is 10.1. The number of rotatable bonds is 7. The van der Waals surface area contributed by atoms with E-state index >= 15 is 0 Å². The molecule has 2 amide bonds. The molecule has 0 radical (unpaired) electrons. The van der Waals surface area contributed by atoms with Gasteiger partial charge >= 0.3 is 0 Å². The highest BCUT2D eigenvalue weighted by molar-refractivity contribution is 5.97. The number of amides is 2. The number of halogens is 2. The molecule has 0 heterocycles. The Hall–Kier alpha value is -1.66. The summed E-state index contributed by atoms with van der Waals surface area (Å²) in [5, 5.41) is 5.24. The van der Waals surface area contributed by atoms with Crippen LogP contribution in [0.1, 0.15) is 43.5 Å². The van der Waals surface area contributed by atoms with Crippen molar-refractivity contribution in [2.45, 2.75) is 39.2 Å². The summed E-state index contributed by atoms with van der Waals surface area (Å²) in [6.07, 6.45) is 2.70. The monoisotopic (exact) mass is 331 g/mol. The van der Waals surface area contributed by atoms with Crippen LogP contribution in [0, 0.1) is 5.82 Å². The molecule has 1 unspecified atom stereocenters. The molecule has 4 N–H and O–H groups in total. The van der Waals surface area contributed by atoms with Gasteiger partial charge in [0, 0.05) is 25.2 Å². The highest BCUT2D eigenvalue weighted by Crippen LogP contribution is 2.15. The van der Waals surface area contributed by atoms with Gasteiger partial charge in [-0.15, -0.1) is 12.4 Å². The van der Waals surface area contributed by atoms with Crippen LogP contribution in [0.3, 0.4) is 0 Å². The molecular formula is C15H23ClFN3O2. The van der Waals surface area contributed by atoms with Crippen molar-refractivity contribution in [1.82, 2.24) is 5.32 Å². The standard InChI is InChI=1S/C15H22FN3O2.ClH/c1-3-4-5-12(9-17)19-15(21)13-8-11(18-10(2)20)6-7-14(13)16;/h6-8,12H,3-5,9,17H2,1-2H3,(H,18,20)(H,19,21);1H. The van der Waals surface area contributed by atoms with E-state index in [1.807, 2.05) is 6.92 Å². The van der Waals surface area contributed by atoms with E-state index < -0.39 is 11.7 Å². The molecule has 1 rings (SSSR count). The largest absolute Gasteiger partial charge is 0.348 e. The van der Waals surface area contributed by atoms with E-state index in [-0.39, 0.29) is 29.9 Å². The van der Waals surface area contributed by atoms with Crippen LogP contribution in [0.2, 0.25) is 0 Å². The van der Waals surface area contributed by atoms with Crippen LogP contribution in [0.25, 0.3) is 0 Å². The number of carbonyl (C=O) groups is 2. The molecule has 0 aliphatic carbocycles. The van der Waals surface area contributed by atoms with E-state index in [1.165, 1.54) is 19.1 Å². The highest BCUT2D eigenvalue weighted by Gasteiger charge is 2.16. The number of unbranched alkanes of at least 4 members (excludes halogenated alkanes) is 1. The minimum atomic E-state index is -0.632. The van der Waals surface area contributed by atoms with Gasteiger partial charge in [-0.1, -0.05) is 19.8 Å². The summed E-state index contributed by atoms with van der Waals surface area (Å²) in [6, 6.07) is 3.70. The van der Waals surface area contributed by atoms with Crippen molar-refractivity contribution in [2.75, 3.05) is 11.9 Å². The second-order valence-electron chi connectivity index (χ2n) is 4.92. The Morgan fingerprint density at radius 1 is 1.36 bits per heavy atom. The predicted molar refractivity (Wildman–Crippen MR) is 87.8 cm³/mol. The number of benzene rings is 1. The van der Waals surface area contributed by atoms with Crippen LogP contribution >= 0.6 is 12.4 Å². The average molecular weight is 332 g/mol. The Bertz CT molecular complexity index is 512. The Labute approximate surface area is 136 Å². The zero-order valence-electron chi connectivity index (χ0n) is 12.8. The van der Waals surface area contributed by atoms with Gasteiger partial charge in [-0.25, -0.2) is 4.39 Å². The quantitative estimate of drug-likeness (QED) is 0.717. The van der Waals surface area contributed by atoms with E-state index in [1.54, 1.807) is 0 Å². The lowest BCUT2D eigenvalue weighted by Crippen LogP contribution is -2.40. The molecule has 5 nitrogen and oxygen atoms in total. The Kier molecular flexibility index (Phi) is 9.37. The fourth-order valence-corrected chi connectivity index (χ4v) is 1.94. The summed E-state index contributed by atoms with van der Waals surface area (Å²) in [5.74, 6) is -1.44. The minimum absolute atomic E-state index is 0. The van der Waals surface area contributed by atoms with Crippen LogP contribution in [0.15, 0.2) is 18.2 Å². The first kappa shape index (κ1) is 20.3. The van der Waals surface area contributed by atoms with Crippen molar-refractivity contribution in [2.24, 2.45) is 5.73 Å². The van der Waals surface area contributed by atoms with Gasteiger partial charge in [0.2, 0.25) is 5.91 Å². The van der Waals surface area contributed by atoms with Gasteiger partial charge in [0.1, 0.15) is 5.82 Å². The fraction of sp³-hybridized carbons (Fsp3) is 0.467. The predicted octanol–water partition coefficient (Wildman–Crippen LogP) is 2.45. The maximum atomic E-state index is 13.8. The number of hydrogen-bond donors (Lipinski definition) is 3. The number of nitrogens with one attached hydrogen (secondary N) is 2. The smallest absolute Gasteiger partial charge is 0.254 e. The van der Waals surface area contributed by atoms with Gasteiger partial charge in [0.15, 0.2) is 0 Å². The lowest BCUT2D eigenvalue weighted by molar-refractivity contribution is -0.114. The summed E-state index contributed by atoms with van der Waals surface area (Å²) < 4.78 is 13.8. The first-order valence-electron chi connectivity index (χ1n) is 7.06. The minimum Gasteiger partial charge on any atom is -0.348 e. The maximum Gasteiger partial charge on any atom is 0.254 e. The molecular weight excluding hydrogens is 309 g/mol. The Morgan fingerprint density at radius 3 is 2.59 bits per heavy atom. The normalized spacial score (nSPS) is 11.3. The number of carbonyl (C=O) groups excluding carboxylic acids is 2. The summed E-state index contributed by atoms with van der Waals surface area (Å²) >= 11 is 0. The van der Waals surface area contributed by atoms with Crippen molar-refractivity contribution in [1.29, 1.82) is 0 Å². The Balaban J connectivity index is 0.00000441. The van der Waals surface area contributed by atoms with Crippen molar-refractivity contribution in [3.8, 4) is 0 Å². The van der Waals surface area contributed by atoms with Crippen LogP contribution in [-0.2, 0) is 4.79 Å². The van der Waals surface area contributed by atoms with Gasteiger partial charge in [-0.05, 0) is 24.6 Å². The molecule has 0 fully saturated rings. The number of anilines is 1. The van der Waals surface area contributed by atoms with Gasteiger partial charge in [0.05, 0.1) is 5.56 Å².